The minimum atomic E-state index is 0.388. The van der Waals surface area contributed by atoms with Crippen molar-refractivity contribution in [3.05, 3.63) is 17.8 Å². The fourth-order valence-corrected chi connectivity index (χ4v) is 0.974. The van der Waals surface area contributed by atoms with Crippen LogP contribution in [0.1, 0.15) is 25.5 Å². The number of nitrogens with zero attached hydrogens (tertiary/aromatic N) is 2. The monoisotopic (exact) mass is 196 g/mol. The molecule has 0 aromatic carbocycles. The molecule has 0 amide bonds. The van der Waals surface area contributed by atoms with E-state index in [1.807, 2.05) is 13.8 Å². The van der Waals surface area contributed by atoms with E-state index in [9.17, 15) is 0 Å². The topological polar surface area (TPSA) is 76.4 Å². The molecular weight excluding hydrogens is 180 g/mol. The molecule has 0 aliphatic carbocycles. The van der Waals surface area contributed by atoms with Crippen molar-refractivity contribution in [3.63, 3.8) is 0 Å². The third-order valence-corrected chi connectivity index (χ3v) is 1.69. The van der Waals surface area contributed by atoms with Gasteiger partial charge in [0, 0.05) is 13.0 Å². The van der Waals surface area contributed by atoms with Crippen LogP contribution >= 0.6 is 0 Å². The first-order chi connectivity index (χ1) is 6.76. The van der Waals surface area contributed by atoms with Crippen molar-refractivity contribution in [2.24, 2.45) is 10.7 Å². The van der Waals surface area contributed by atoms with Crippen molar-refractivity contribution in [2.75, 3.05) is 6.54 Å². The average molecular weight is 196 g/mol. The van der Waals surface area contributed by atoms with Crippen LogP contribution in [-0.4, -0.2) is 17.5 Å². The van der Waals surface area contributed by atoms with E-state index >= 15 is 0 Å². The third-order valence-electron chi connectivity index (χ3n) is 1.69. The zero-order valence-corrected chi connectivity index (χ0v) is 8.58. The molecule has 0 saturated heterocycles. The van der Waals surface area contributed by atoms with Crippen molar-refractivity contribution in [2.45, 2.75) is 26.8 Å². The highest BCUT2D eigenvalue weighted by molar-refractivity contribution is 5.77. The van der Waals surface area contributed by atoms with Gasteiger partial charge in [-0.2, -0.15) is 0 Å². The fourth-order valence-electron chi connectivity index (χ4n) is 0.974. The minimum Gasteiger partial charge on any atom is -0.444 e. The van der Waals surface area contributed by atoms with E-state index in [0.717, 1.165) is 18.7 Å². The summed E-state index contributed by atoms with van der Waals surface area (Å²) in [5, 5.41) is 2.89. The molecule has 1 aromatic heterocycles. The molecule has 0 spiro atoms. The van der Waals surface area contributed by atoms with Crippen LogP contribution in [0, 0.1) is 0 Å². The van der Waals surface area contributed by atoms with Gasteiger partial charge in [0.25, 0.3) is 0 Å². The van der Waals surface area contributed by atoms with Gasteiger partial charge in [-0.1, -0.05) is 6.92 Å². The molecule has 78 valence electrons. The summed E-state index contributed by atoms with van der Waals surface area (Å²) in [6.07, 6.45) is 2.56. The Morgan fingerprint density at radius 1 is 1.64 bits per heavy atom. The predicted octanol–water partition coefficient (Wildman–Crippen LogP) is 0.661. The number of aromatic nitrogens is 1. The molecule has 0 atom stereocenters. The lowest BCUT2D eigenvalue weighted by molar-refractivity contribution is 0.461. The highest BCUT2D eigenvalue weighted by Gasteiger charge is 2.00. The molecule has 3 N–H and O–H groups in total. The molecule has 14 heavy (non-hydrogen) atoms. The van der Waals surface area contributed by atoms with E-state index in [-0.39, 0.29) is 0 Å². The van der Waals surface area contributed by atoms with E-state index in [2.05, 4.69) is 15.3 Å². The summed E-state index contributed by atoms with van der Waals surface area (Å²) < 4.78 is 5.36. The number of rotatable bonds is 4. The fraction of sp³-hybridized carbons (Fsp3) is 0.556. The predicted molar refractivity (Wildman–Crippen MR) is 54.9 cm³/mol. The molecular formula is C9H16N4O. The molecule has 1 aromatic rings. The molecule has 0 saturated carbocycles. The van der Waals surface area contributed by atoms with Crippen LogP contribution in [0.4, 0.5) is 0 Å². The molecule has 0 unspecified atom stereocenters. The van der Waals surface area contributed by atoms with Crippen LogP contribution in [0.15, 0.2) is 15.6 Å². The van der Waals surface area contributed by atoms with Crippen molar-refractivity contribution in [1.82, 2.24) is 10.3 Å². The van der Waals surface area contributed by atoms with Gasteiger partial charge in [-0.15, -0.1) is 0 Å². The average Bonchev–Trinajstić information content (AvgIpc) is 2.63. The SMILES string of the molecule is CCNC(N)=NCc1ncc(CC)o1. The Hall–Kier alpha value is -1.52. The Kier molecular flexibility index (Phi) is 3.97. The van der Waals surface area contributed by atoms with Gasteiger partial charge >= 0.3 is 0 Å². The van der Waals surface area contributed by atoms with Crippen LogP contribution in [0.25, 0.3) is 0 Å². The number of hydrogen-bond donors (Lipinski definition) is 2. The minimum absolute atomic E-state index is 0.388. The largest absolute Gasteiger partial charge is 0.444 e. The number of nitrogens with two attached hydrogens (primary N) is 1. The normalized spacial score (nSPS) is 11.7. The maximum absolute atomic E-state index is 5.54. The molecule has 1 rings (SSSR count). The van der Waals surface area contributed by atoms with Crippen LogP contribution in [-0.2, 0) is 13.0 Å². The summed E-state index contributed by atoms with van der Waals surface area (Å²) in [5.74, 6) is 1.89. The number of hydrogen-bond acceptors (Lipinski definition) is 3. The van der Waals surface area contributed by atoms with Gasteiger partial charge in [0.2, 0.25) is 5.89 Å². The summed E-state index contributed by atoms with van der Waals surface area (Å²) in [6.45, 7) is 5.13. The maximum Gasteiger partial charge on any atom is 0.216 e. The molecule has 0 bridgehead atoms. The number of aryl methyl sites for hydroxylation is 1. The first-order valence-corrected chi connectivity index (χ1v) is 4.73. The summed E-state index contributed by atoms with van der Waals surface area (Å²) in [4.78, 5) is 8.12. The first kappa shape index (κ1) is 10.6. The Morgan fingerprint density at radius 3 is 3.00 bits per heavy atom. The zero-order valence-electron chi connectivity index (χ0n) is 8.58. The smallest absolute Gasteiger partial charge is 0.216 e. The van der Waals surface area contributed by atoms with E-state index in [1.54, 1.807) is 6.20 Å². The van der Waals surface area contributed by atoms with E-state index in [4.69, 9.17) is 10.2 Å². The van der Waals surface area contributed by atoms with Crippen molar-refractivity contribution in [3.8, 4) is 0 Å². The molecule has 0 aliphatic rings. The molecule has 0 aliphatic heterocycles. The van der Waals surface area contributed by atoms with Crippen LogP contribution < -0.4 is 11.1 Å². The number of nitrogens with one attached hydrogen (secondary N) is 1. The van der Waals surface area contributed by atoms with Crippen molar-refractivity contribution in [1.29, 1.82) is 0 Å². The van der Waals surface area contributed by atoms with Crippen LogP contribution in [0.2, 0.25) is 0 Å². The molecule has 5 nitrogen and oxygen atoms in total. The number of aliphatic imine (C=N–C) groups is 1. The number of oxazole rings is 1. The molecule has 0 fully saturated rings. The van der Waals surface area contributed by atoms with Gasteiger partial charge in [-0.3, -0.25) is 0 Å². The first-order valence-electron chi connectivity index (χ1n) is 4.73. The molecule has 0 radical (unpaired) electrons. The van der Waals surface area contributed by atoms with Crippen molar-refractivity contribution < 1.29 is 4.42 Å². The number of guanidine groups is 1. The van der Waals surface area contributed by atoms with Gasteiger partial charge in [-0.25, -0.2) is 9.98 Å². The third kappa shape index (κ3) is 3.08. The van der Waals surface area contributed by atoms with E-state index < -0.39 is 0 Å². The van der Waals surface area contributed by atoms with Crippen LogP contribution in [0.3, 0.4) is 0 Å². The quantitative estimate of drug-likeness (QED) is 0.548. The Morgan fingerprint density at radius 2 is 2.43 bits per heavy atom. The highest BCUT2D eigenvalue weighted by Crippen LogP contribution is 2.04. The summed E-state index contributed by atoms with van der Waals surface area (Å²) in [7, 11) is 0. The second kappa shape index (κ2) is 5.26. The van der Waals surface area contributed by atoms with Gasteiger partial charge in [-0.05, 0) is 6.92 Å². The maximum atomic E-state index is 5.54. The van der Waals surface area contributed by atoms with Gasteiger partial charge in [0.1, 0.15) is 12.3 Å². The van der Waals surface area contributed by atoms with Crippen molar-refractivity contribution >= 4 is 5.96 Å². The Balaban J connectivity index is 2.48. The van der Waals surface area contributed by atoms with Crippen LogP contribution in [0.5, 0.6) is 0 Å². The second-order valence-electron chi connectivity index (χ2n) is 2.81. The zero-order chi connectivity index (χ0) is 10.4. The summed E-state index contributed by atoms with van der Waals surface area (Å²) in [5.41, 5.74) is 5.54. The lowest BCUT2D eigenvalue weighted by Crippen LogP contribution is -2.31. The van der Waals surface area contributed by atoms with Gasteiger partial charge < -0.3 is 15.5 Å². The second-order valence-corrected chi connectivity index (χ2v) is 2.81. The molecule has 1 heterocycles. The summed E-state index contributed by atoms with van der Waals surface area (Å²) in [6, 6.07) is 0. The Labute approximate surface area is 83.4 Å². The highest BCUT2D eigenvalue weighted by atomic mass is 16.4. The van der Waals surface area contributed by atoms with E-state index in [0.29, 0.717) is 18.4 Å². The lowest BCUT2D eigenvalue weighted by Gasteiger charge is -1.99. The molecule has 5 heteroatoms. The van der Waals surface area contributed by atoms with E-state index in [1.165, 1.54) is 0 Å². The standard InChI is InChI=1S/C9H16N4O/c1-3-7-5-12-8(14-7)6-13-9(10)11-4-2/h5H,3-4,6H2,1-2H3,(H3,10,11,13). The Bertz CT molecular complexity index is 306. The van der Waals surface area contributed by atoms with Gasteiger partial charge in [0.05, 0.1) is 6.20 Å². The van der Waals surface area contributed by atoms with Gasteiger partial charge in [0.15, 0.2) is 5.96 Å². The lowest BCUT2D eigenvalue weighted by atomic mass is 10.4. The summed E-state index contributed by atoms with van der Waals surface area (Å²) >= 11 is 0.